The zero-order valence-corrected chi connectivity index (χ0v) is 7.24. The highest BCUT2D eigenvalue weighted by molar-refractivity contribution is 5.95. The molecule has 1 unspecified atom stereocenters. The lowest BCUT2D eigenvalue weighted by molar-refractivity contribution is -0.211. The van der Waals surface area contributed by atoms with Gasteiger partial charge in [-0.3, -0.25) is 5.43 Å². The highest BCUT2D eigenvalue weighted by Crippen LogP contribution is 2.23. The van der Waals surface area contributed by atoms with E-state index < -0.39 is 37.1 Å². The summed E-state index contributed by atoms with van der Waals surface area (Å²) in [6, 6.07) is 0. The zero-order valence-electron chi connectivity index (χ0n) is 7.24. The Morgan fingerprint density at radius 2 is 1.86 bits per heavy atom. The van der Waals surface area contributed by atoms with Crippen molar-refractivity contribution in [3.8, 4) is 0 Å². The van der Waals surface area contributed by atoms with Gasteiger partial charge in [-0.2, -0.15) is 5.10 Å². The molecule has 14 heavy (non-hydrogen) atoms. The second kappa shape index (κ2) is 3.44. The fraction of sp³-hybridized carbons (Fsp3) is 0.857. The number of hydrogen-bond acceptors (Lipinski definition) is 7. The average molecular weight is 204 g/mol. The predicted molar refractivity (Wildman–Crippen MR) is 44.3 cm³/mol. The number of hydrogen-bond donors (Lipinski definition) is 5. The molecule has 7 heteroatoms. The number of nitrogens with zero attached hydrogens (tertiary/aromatic N) is 1. The predicted octanol–water partition coefficient (Wildman–Crippen LogP) is -3.25. The summed E-state index contributed by atoms with van der Waals surface area (Å²) in [5, 5.41) is 40.7. The fourth-order valence-electron chi connectivity index (χ4n) is 1.49. The van der Waals surface area contributed by atoms with Crippen molar-refractivity contribution >= 4 is 5.84 Å². The molecule has 1 saturated heterocycles. The lowest BCUT2D eigenvalue weighted by atomic mass is 9.95. The van der Waals surface area contributed by atoms with Crippen LogP contribution < -0.4 is 5.43 Å². The van der Waals surface area contributed by atoms with Crippen molar-refractivity contribution in [1.29, 1.82) is 0 Å². The molecule has 2 aliphatic rings. The Hall–Kier alpha value is -0.730. The minimum atomic E-state index is -1.34. The highest BCUT2D eigenvalue weighted by atomic mass is 16.5. The standard InChI is InChI=1S/C7H12N2O5/c10-1-2-3(11)4(12)5(13)6(14-2)7-8-9-7/h2-6,10-13H,1H2,(H,8,9)/t2-,3-,4+,5-,6?/m1/s1. The number of aliphatic hydroxyl groups excluding tert-OH is 4. The van der Waals surface area contributed by atoms with Crippen molar-refractivity contribution in [2.24, 2.45) is 5.10 Å². The van der Waals surface area contributed by atoms with Gasteiger partial charge >= 0.3 is 0 Å². The lowest BCUT2D eigenvalue weighted by Crippen LogP contribution is -2.60. The van der Waals surface area contributed by atoms with Crippen LogP contribution >= 0.6 is 0 Å². The molecule has 1 fully saturated rings. The molecule has 0 aromatic carbocycles. The van der Waals surface area contributed by atoms with Crippen LogP contribution in [0.4, 0.5) is 0 Å². The molecule has 0 radical (unpaired) electrons. The number of rotatable bonds is 2. The van der Waals surface area contributed by atoms with Crippen molar-refractivity contribution in [3.05, 3.63) is 0 Å². The van der Waals surface area contributed by atoms with Crippen molar-refractivity contribution in [2.45, 2.75) is 30.5 Å². The van der Waals surface area contributed by atoms with Crippen LogP contribution in [0.15, 0.2) is 5.10 Å². The van der Waals surface area contributed by atoms with Gasteiger partial charge in [0.25, 0.3) is 0 Å². The number of nitrogens with one attached hydrogen (secondary N) is 1. The van der Waals surface area contributed by atoms with E-state index in [4.69, 9.17) is 9.84 Å². The van der Waals surface area contributed by atoms with Gasteiger partial charge in [0.05, 0.1) is 6.61 Å². The van der Waals surface area contributed by atoms with Gasteiger partial charge in [-0.25, -0.2) is 0 Å². The van der Waals surface area contributed by atoms with E-state index in [0.29, 0.717) is 5.84 Å². The van der Waals surface area contributed by atoms with Gasteiger partial charge in [0.15, 0.2) is 5.84 Å². The average Bonchev–Trinajstić information content (AvgIpc) is 2.98. The van der Waals surface area contributed by atoms with Crippen LogP contribution in [0, 0.1) is 0 Å². The largest absolute Gasteiger partial charge is 0.394 e. The summed E-state index contributed by atoms with van der Waals surface area (Å²) in [7, 11) is 0. The van der Waals surface area contributed by atoms with Gasteiger partial charge in [-0.15, -0.1) is 0 Å². The summed E-state index contributed by atoms with van der Waals surface area (Å²) in [6.07, 6.45) is -5.56. The maximum Gasteiger partial charge on any atom is 0.174 e. The van der Waals surface area contributed by atoms with Gasteiger partial charge in [0.2, 0.25) is 0 Å². The topological polar surface area (TPSA) is 124 Å². The van der Waals surface area contributed by atoms with Crippen LogP contribution in [-0.4, -0.2) is 63.4 Å². The van der Waals surface area contributed by atoms with Gasteiger partial charge in [0, 0.05) is 0 Å². The summed E-state index contributed by atoms with van der Waals surface area (Å²) in [6.45, 7) is -0.422. The SMILES string of the molecule is OC[C@H]1OC(C2=NN2)[C@H](O)[C@@H](O)[C@@H]1O. The molecule has 0 bridgehead atoms. The minimum Gasteiger partial charge on any atom is -0.394 e. The normalized spacial score (nSPS) is 46.9. The molecule has 0 saturated carbocycles. The minimum absolute atomic E-state index is 0.418. The number of aliphatic hydroxyl groups is 4. The molecule has 0 aliphatic carbocycles. The second-order valence-electron chi connectivity index (χ2n) is 3.36. The molecule has 0 aromatic rings. The molecule has 7 nitrogen and oxygen atoms in total. The first-order valence-electron chi connectivity index (χ1n) is 4.29. The molecular formula is C7H12N2O5. The third-order valence-corrected chi connectivity index (χ3v) is 2.40. The molecule has 2 rings (SSSR count). The molecule has 0 amide bonds. The molecule has 0 spiro atoms. The number of ether oxygens (including phenoxy) is 1. The molecule has 5 N–H and O–H groups in total. The van der Waals surface area contributed by atoms with Crippen LogP contribution in [0.3, 0.4) is 0 Å². The Morgan fingerprint density at radius 3 is 2.36 bits per heavy atom. The van der Waals surface area contributed by atoms with Crippen LogP contribution in [-0.2, 0) is 4.74 Å². The van der Waals surface area contributed by atoms with E-state index in [1.165, 1.54) is 0 Å². The third kappa shape index (κ3) is 1.49. The maximum absolute atomic E-state index is 9.49. The first kappa shape index (κ1) is 9.81. The Labute approximate surface area is 79.6 Å². The van der Waals surface area contributed by atoms with E-state index in [-0.39, 0.29) is 0 Å². The Bertz CT molecular complexity index is 256. The monoisotopic (exact) mass is 204 g/mol. The zero-order chi connectivity index (χ0) is 10.3. The summed E-state index contributed by atoms with van der Waals surface area (Å²) in [5.41, 5.74) is 2.50. The third-order valence-electron chi connectivity index (χ3n) is 2.40. The van der Waals surface area contributed by atoms with Gasteiger partial charge in [-0.05, 0) is 0 Å². The lowest BCUT2D eigenvalue weighted by Gasteiger charge is -2.38. The van der Waals surface area contributed by atoms with Crippen LogP contribution in [0.25, 0.3) is 0 Å². The first-order valence-corrected chi connectivity index (χ1v) is 4.29. The summed E-state index contributed by atoms with van der Waals surface area (Å²) in [5.74, 6) is 0.418. The van der Waals surface area contributed by atoms with Crippen molar-refractivity contribution in [2.75, 3.05) is 6.61 Å². The van der Waals surface area contributed by atoms with Gasteiger partial charge in [-0.1, -0.05) is 0 Å². The van der Waals surface area contributed by atoms with E-state index >= 15 is 0 Å². The van der Waals surface area contributed by atoms with Crippen LogP contribution in [0.5, 0.6) is 0 Å². The Morgan fingerprint density at radius 1 is 1.21 bits per heavy atom. The molecular weight excluding hydrogens is 192 g/mol. The van der Waals surface area contributed by atoms with Crippen molar-refractivity contribution < 1.29 is 25.2 Å². The molecule has 0 aromatic heterocycles. The fourth-order valence-corrected chi connectivity index (χ4v) is 1.49. The summed E-state index contributed by atoms with van der Waals surface area (Å²) < 4.78 is 5.15. The molecule has 80 valence electrons. The molecule has 5 atom stereocenters. The van der Waals surface area contributed by atoms with E-state index in [2.05, 4.69) is 10.5 Å². The number of hydrazone groups is 1. The first-order chi connectivity index (χ1) is 6.65. The summed E-state index contributed by atoms with van der Waals surface area (Å²) >= 11 is 0. The smallest absolute Gasteiger partial charge is 0.174 e. The van der Waals surface area contributed by atoms with Crippen molar-refractivity contribution in [1.82, 2.24) is 5.43 Å². The highest BCUT2D eigenvalue weighted by Gasteiger charge is 2.47. The second-order valence-corrected chi connectivity index (χ2v) is 3.36. The Kier molecular flexibility index (Phi) is 2.41. The van der Waals surface area contributed by atoms with E-state index in [1.807, 2.05) is 0 Å². The van der Waals surface area contributed by atoms with Crippen LogP contribution in [0.1, 0.15) is 0 Å². The van der Waals surface area contributed by atoms with Gasteiger partial charge < -0.3 is 25.2 Å². The molecule has 2 aliphatic heterocycles. The van der Waals surface area contributed by atoms with Crippen molar-refractivity contribution in [3.63, 3.8) is 0 Å². The quantitative estimate of drug-likeness (QED) is 0.321. The Balaban J connectivity index is 2.10. The van der Waals surface area contributed by atoms with E-state index in [1.54, 1.807) is 0 Å². The summed E-state index contributed by atoms with van der Waals surface area (Å²) in [4.78, 5) is 0. The van der Waals surface area contributed by atoms with Gasteiger partial charge in [0.1, 0.15) is 30.5 Å². The molecule has 2 heterocycles. The van der Waals surface area contributed by atoms with Crippen LogP contribution in [0.2, 0.25) is 0 Å². The maximum atomic E-state index is 9.49. The van der Waals surface area contributed by atoms with E-state index in [9.17, 15) is 15.3 Å². The number of amidine groups is 1. The van der Waals surface area contributed by atoms with E-state index in [0.717, 1.165) is 0 Å².